The third-order valence-corrected chi connectivity index (χ3v) is 6.06. The van der Waals surface area contributed by atoms with E-state index in [4.69, 9.17) is 10.8 Å². The van der Waals surface area contributed by atoms with E-state index in [1.54, 1.807) is 0 Å². The molecular formula is C25H36N4O7. The lowest BCUT2D eigenvalue weighted by molar-refractivity contribution is -0.149. The summed E-state index contributed by atoms with van der Waals surface area (Å²) in [7, 11) is 0. The van der Waals surface area contributed by atoms with Gasteiger partial charge < -0.3 is 31.5 Å². The Kier molecular flexibility index (Phi) is 10.8. The predicted molar refractivity (Wildman–Crippen MR) is 131 cm³/mol. The summed E-state index contributed by atoms with van der Waals surface area (Å²) >= 11 is 0. The third-order valence-electron chi connectivity index (χ3n) is 6.06. The van der Waals surface area contributed by atoms with Crippen LogP contribution in [0.5, 0.6) is 0 Å². The van der Waals surface area contributed by atoms with Gasteiger partial charge in [-0.1, -0.05) is 44.2 Å². The maximum absolute atomic E-state index is 13.2. The summed E-state index contributed by atoms with van der Waals surface area (Å²) in [6.07, 6.45) is 0.763. The van der Waals surface area contributed by atoms with E-state index in [0.717, 1.165) is 5.56 Å². The molecule has 3 amide bonds. The van der Waals surface area contributed by atoms with Gasteiger partial charge in [0.1, 0.15) is 18.1 Å². The highest BCUT2D eigenvalue weighted by molar-refractivity contribution is 5.94. The lowest BCUT2D eigenvalue weighted by Crippen LogP contribution is -2.57. The highest BCUT2D eigenvalue weighted by atomic mass is 16.4. The Morgan fingerprint density at radius 3 is 2.25 bits per heavy atom. The fourth-order valence-electron chi connectivity index (χ4n) is 4.23. The van der Waals surface area contributed by atoms with Crippen molar-refractivity contribution in [1.82, 2.24) is 15.5 Å². The van der Waals surface area contributed by atoms with Crippen LogP contribution >= 0.6 is 0 Å². The highest BCUT2D eigenvalue weighted by Gasteiger charge is 2.38. The summed E-state index contributed by atoms with van der Waals surface area (Å²) in [6.45, 7) is 3.99. The molecule has 1 aliphatic heterocycles. The van der Waals surface area contributed by atoms with Gasteiger partial charge in [0.15, 0.2) is 0 Å². The molecule has 1 heterocycles. The molecule has 11 heteroatoms. The quantitative estimate of drug-likeness (QED) is 0.258. The lowest BCUT2D eigenvalue weighted by Gasteiger charge is -2.29. The van der Waals surface area contributed by atoms with Crippen LogP contribution in [0, 0.1) is 5.92 Å². The minimum Gasteiger partial charge on any atom is -0.481 e. The number of rotatable bonds is 13. The molecule has 1 saturated heterocycles. The number of carboxylic acid groups (broad SMARTS) is 2. The Hall–Kier alpha value is -3.47. The Morgan fingerprint density at radius 1 is 1.03 bits per heavy atom. The Morgan fingerprint density at radius 2 is 1.67 bits per heavy atom. The highest BCUT2D eigenvalue weighted by Crippen LogP contribution is 2.20. The molecule has 0 saturated carbocycles. The molecule has 1 fully saturated rings. The molecule has 11 nitrogen and oxygen atoms in total. The van der Waals surface area contributed by atoms with Crippen LogP contribution in [-0.4, -0.2) is 75.5 Å². The Bertz CT molecular complexity index is 938. The Balaban J connectivity index is 2.14. The molecule has 198 valence electrons. The Labute approximate surface area is 210 Å². The van der Waals surface area contributed by atoms with Crippen LogP contribution < -0.4 is 16.4 Å². The molecular weight excluding hydrogens is 468 g/mol. The summed E-state index contributed by atoms with van der Waals surface area (Å²) < 4.78 is 0. The lowest BCUT2D eigenvalue weighted by atomic mass is 10.0. The standard InChI is InChI=1S/C25H36N4O7/c1-15(2)13-19(24(34)29-12-6-9-20(29)25(35)36)28-23(33)18(10-11-21(30)31)27-22(32)17(26)14-16-7-4-3-5-8-16/h3-5,7-8,15,17-20H,6,9-14,26H2,1-2H3,(H,27,32)(H,28,33)(H,30,31)(H,35,36). The molecule has 0 radical (unpaired) electrons. The molecule has 0 aromatic heterocycles. The summed E-state index contributed by atoms with van der Waals surface area (Å²) in [5.41, 5.74) is 6.85. The zero-order valence-corrected chi connectivity index (χ0v) is 20.7. The minimum absolute atomic E-state index is 0.00325. The number of hydrogen-bond acceptors (Lipinski definition) is 6. The zero-order chi connectivity index (χ0) is 26.8. The van der Waals surface area contributed by atoms with Gasteiger partial charge in [0.25, 0.3) is 0 Å². The van der Waals surface area contributed by atoms with Crippen molar-refractivity contribution in [2.75, 3.05) is 6.54 Å². The first-order chi connectivity index (χ1) is 17.0. The second kappa shape index (κ2) is 13.6. The molecule has 0 bridgehead atoms. The van der Waals surface area contributed by atoms with Crippen LogP contribution in [0.4, 0.5) is 0 Å². The largest absolute Gasteiger partial charge is 0.481 e. The van der Waals surface area contributed by atoms with Gasteiger partial charge in [-0.25, -0.2) is 4.79 Å². The molecule has 4 unspecified atom stereocenters. The van der Waals surface area contributed by atoms with Crippen molar-refractivity contribution in [1.29, 1.82) is 0 Å². The van der Waals surface area contributed by atoms with Crippen molar-refractivity contribution < 1.29 is 34.2 Å². The van der Waals surface area contributed by atoms with Crippen LogP contribution in [-0.2, 0) is 30.4 Å². The average molecular weight is 505 g/mol. The summed E-state index contributed by atoms with van der Waals surface area (Å²) in [5.74, 6) is -4.10. The van der Waals surface area contributed by atoms with E-state index in [0.29, 0.717) is 12.8 Å². The van der Waals surface area contributed by atoms with Crippen molar-refractivity contribution in [3.05, 3.63) is 35.9 Å². The number of nitrogens with two attached hydrogens (primary N) is 1. The number of likely N-dealkylation sites (tertiary alicyclic amines) is 1. The number of amides is 3. The number of aliphatic carboxylic acids is 2. The molecule has 6 N–H and O–H groups in total. The van der Waals surface area contributed by atoms with Crippen molar-refractivity contribution in [3.63, 3.8) is 0 Å². The van der Waals surface area contributed by atoms with E-state index in [1.165, 1.54) is 4.90 Å². The van der Waals surface area contributed by atoms with Crippen molar-refractivity contribution in [2.24, 2.45) is 11.7 Å². The number of carboxylic acids is 2. The van der Waals surface area contributed by atoms with E-state index in [9.17, 15) is 29.1 Å². The van der Waals surface area contributed by atoms with Gasteiger partial charge in [-0.05, 0) is 43.6 Å². The number of benzene rings is 1. The maximum Gasteiger partial charge on any atom is 0.326 e. The van der Waals surface area contributed by atoms with Gasteiger partial charge >= 0.3 is 11.9 Å². The molecule has 0 aliphatic carbocycles. The first kappa shape index (κ1) is 28.8. The van der Waals surface area contributed by atoms with Crippen molar-refractivity contribution >= 4 is 29.7 Å². The van der Waals surface area contributed by atoms with Gasteiger partial charge in [-0.2, -0.15) is 0 Å². The summed E-state index contributed by atoms with van der Waals surface area (Å²) in [5, 5.41) is 23.7. The third kappa shape index (κ3) is 8.63. The van der Waals surface area contributed by atoms with E-state index >= 15 is 0 Å². The van der Waals surface area contributed by atoms with Crippen LogP contribution in [0.1, 0.15) is 51.5 Å². The smallest absolute Gasteiger partial charge is 0.326 e. The first-order valence-corrected chi connectivity index (χ1v) is 12.1. The number of nitrogens with zero attached hydrogens (tertiary/aromatic N) is 1. The second-order valence-corrected chi connectivity index (χ2v) is 9.51. The van der Waals surface area contributed by atoms with Crippen molar-refractivity contribution in [2.45, 2.75) is 76.5 Å². The molecule has 36 heavy (non-hydrogen) atoms. The fraction of sp³-hybridized carbons (Fsp3) is 0.560. The van der Waals surface area contributed by atoms with E-state index < -0.39 is 53.8 Å². The fourth-order valence-corrected chi connectivity index (χ4v) is 4.23. The molecule has 2 rings (SSSR count). The van der Waals surface area contributed by atoms with E-state index in [2.05, 4.69) is 10.6 Å². The summed E-state index contributed by atoms with van der Waals surface area (Å²) in [4.78, 5) is 63.1. The summed E-state index contributed by atoms with van der Waals surface area (Å²) in [6, 6.07) is 4.90. The van der Waals surface area contributed by atoms with Crippen LogP contribution in [0.15, 0.2) is 30.3 Å². The van der Waals surface area contributed by atoms with Gasteiger partial charge in [-0.3, -0.25) is 19.2 Å². The van der Waals surface area contributed by atoms with E-state index in [1.807, 2.05) is 44.2 Å². The number of nitrogens with one attached hydrogen (secondary N) is 2. The SMILES string of the molecule is CC(C)CC(NC(=O)C(CCC(=O)O)NC(=O)C(N)Cc1ccccc1)C(=O)N1CCCC1C(=O)O. The van der Waals surface area contributed by atoms with Crippen LogP contribution in [0.25, 0.3) is 0 Å². The van der Waals surface area contributed by atoms with Gasteiger partial charge in [0.2, 0.25) is 17.7 Å². The van der Waals surface area contributed by atoms with Gasteiger partial charge in [-0.15, -0.1) is 0 Å². The molecule has 1 aromatic rings. The van der Waals surface area contributed by atoms with Crippen molar-refractivity contribution in [3.8, 4) is 0 Å². The molecule has 0 spiro atoms. The normalized spacial score (nSPS) is 17.8. The minimum atomic E-state index is -1.23. The topological polar surface area (TPSA) is 179 Å². The van der Waals surface area contributed by atoms with E-state index in [-0.39, 0.29) is 38.1 Å². The maximum atomic E-state index is 13.2. The van der Waals surface area contributed by atoms with Crippen LogP contribution in [0.3, 0.4) is 0 Å². The molecule has 1 aromatic carbocycles. The predicted octanol–water partition coefficient (Wildman–Crippen LogP) is 0.513. The van der Waals surface area contributed by atoms with Crippen LogP contribution in [0.2, 0.25) is 0 Å². The number of carbonyl (C=O) groups excluding carboxylic acids is 3. The molecule has 1 aliphatic rings. The molecule has 4 atom stereocenters. The van der Waals surface area contributed by atoms with Gasteiger partial charge in [0.05, 0.1) is 6.04 Å². The second-order valence-electron chi connectivity index (χ2n) is 9.51. The first-order valence-electron chi connectivity index (χ1n) is 12.1. The average Bonchev–Trinajstić information content (AvgIpc) is 3.31. The van der Waals surface area contributed by atoms with Gasteiger partial charge in [0, 0.05) is 13.0 Å². The monoisotopic (exact) mass is 504 g/mol. The number of hydrogen-bond donors (Lipinski definition) is 5. The number of carbonyl (C=O) groups is 5. The zero-order valence-electron chi connectivity index (χ0n) is 20.7.